The van der Waals surface area contributed by atoms with Crippen LogP contribution in [0.5, 0.6) is 0 Å². The molecule has 0 amide bonds. The fraction of sp³-hybridized carbons (Fsp3) is 0.727. The maximum Gasteiger partial charge on any atom is 0.159 e. The molecule has 2 atom stereocenters. The van der Waals surface area contributed by atoms with Gasteiger partial charge in [-0.25, -0.2) is 0 Å². The van der Waals surface area contributed by atoms with Crippen molar-refractivity contribution in [2.75, 3.05) is 0 Å². The van der Waals surface area contributed by atoms with Crippen LogP contribution in [0.1, 0.15) is 38.5 Å². The molecular formula is C11H14O. The van der Waals surface area contributed by atoms with E-state index in [9.17, 15) is 4.79 Å². The monoisotopic (exact) mass is 162 g/mol. The number of hydrogen-bond acceptors (Lipinski definition) is 1. The zero-order valence-electron chi connectivity index (χ0n) is 7.31. The lowest BCUT2D eigenvalue weighted by molar-refractivity contribution is -0.115. The van der Waals surface area contributed by atoms with E-state index in [1.54, 1.807) is 0 Å². The molecule has 0 bridgehead atoms. The molecule has 1 heteroatoms. The highest BCUT2D eigenvalue weighted by Crippen LogP contribution is 2.51. The highest BCUT2D eigenvalue weighted by Gasteiger charge is 2.42. The Morgan fingerprint density at radius 3 is 3.00 bits per heavy atom. The van der Waals surface area contributed by atoms with Gasteiger partial charge in [-0.2, -0.15) is 0 Å². The lowest BCUT2D eigenvalue weighted by Gasteiger charge is -2.11. The van der Waals surface area contributed by atoms with Gasteiger partial charge in [0, 0.05) is 6.42 Å². The number of carbonyl (C=O) groups is 1. The smallest absolute Gasteiger partial charge is 0.159 e. The zero-order valence-corrected chi connectivity index (χ0v) is 7.31. The lowest BCUT2D eigenvalue weighted by Crippen LogP contribution is -2.09. The summed E-state index contributed by atoms with van der Waals surface area (Å²) in [6.45, 7) is 0. The molecule has 64 valence electrons. The topological polar surface area (TPSA) is 17.1 Å². The molecule has 3 aliphatic rings. The van der Waals surface area contributed by atoms with Gasteiger partial charge in [0.15, 0.2) is 5.78 Å². The van der Waals surface area contributed by atoms with Gasteiger partial charge < -0.3 is 0 Å². The van der Waals surface area contributed by atoms with Crippen LogP contribution in [-0.4, -0.2) is 5.78 Å². The second-order valence-electron chi connectivity index (χ2n) is 4.44. The molecule has 0 saturated heterocycles. The van der Waals surface area contributed by atoms with Crippen molar-refractivity contribution in [3.8, 4) is 0 Å². The van der Waals surface area contributed by atoms with Crippen LogP contribution in [0.3, 0.4) is 0 Å². The summed E-state index contributed by atoms with van der Waals surface area (Å²) in [6.07, 6.45) is 7.24. The average molecular weight is 162 g/mol. The Morgan fingerprint density at radius 1 is 1.17 bits per heavy atom. The molecule has 0 aromatic heterocycles. The molecule has 0 spiro atoms. The third-order valence-corrected chi connectivity index (χ3v) is 3.87. The van der Waals surface area contributed by atoms with Crippen LogP contribution in [0.25, 0.3) is 0 Å². The van der Waals surface area contributed by atoms with Gasteiger partial charge in [-0.15, -0.1) is 0 Å². The Morgan fingerprint density at radius 2 is 2.08 bits per heavy atom. The van der Waals surface area contributed by atoms with Gasteiger partial charge in [-0.05, 0) is 43.1 Å². The van der Waals surface area contributed by atoms with Crippen LogP contribution in [-0.2, 0) is 4.79 Å². The van der Waals surface area contributed by atoms with E-state index in [4.69, 9.17) is 0 Å². The number of ketones is 1. The first-order valence-corrected chi connectivity index (χ1v) is 5.11. The highest BCUT2D eigenvalue weighted by atomic mass is 16.1. The first-order chi connectivity index (χ1) is 5.86. The maximum atomic E-state index is 11.5. The van der Waals surface area contributed by atoms with E-state index in [0.29, 0.717) is 11.7 Å². The molecule has 3 rings (SSSR count). The van der Waals surface area contributed by atoms with Crippen molar-refractivity contribution in [3.05, 3.63) is 11.1 Å². The Balaban J connectivity index is 1.99. The molecule has 0 radical (unpaired) electrons. The Bertz CT molecular complexity index is 275. The Labute approximate surface area is 72.8 Å². The van der Waals surface area contributed by atoms with Crippen molar-refractivity contribution < 1.29 is 4.79 Å². The Hall–Kier alpha value is -0.590. The van der Waals surface area contributed by atoms with Gasteiger partial charge in [0.25, 0.3) is 0 Å². The van der Waals surface area contributed by atoms with Crippen LogP contribution in [0.15, 0.2) is 11.1 Å². The third kappa shape index (κ3) is 0.720. The van der Waals surface area contributed by atoms with Gasteiger partial charge in [0.2, 0.25) is 0 Å². The lowest BCUT2D eigenvalue weighted by atomic mass is 9.92. The summed E-state index contributed by atoms with van der Waals surface area (Å²) in [6, 6.07) is 0. The third-order valence-electron chi connectivity index (χ3n) is 3.87. The first kappa shape index (κ1) is 6.88. The largest absolute Gasteiger partial charge is 0.295 e. The summed E-state index contributed by atoms with van der Waals surface area (Å²) in [4.78, 5) is 11.5. The number of hydrogen-bond donors (Lipinski definition) is 0. The van der Waals surface area contributed by atoms with E-state index in [1.807, 2.05) is 0 Å². The predicted octanol–water partition coefficient (Wildman–Crippen LogP) is 2.47. The van der Waals surface area contributed by atoms with E-state index in [0.717, 1.165) is 18.8 Å². The SMILES string of the molecule is O=C1CCC2=C1[C@@H]1CCC[C@@H]1C2. The van der Waals surface area contributed by atoms with Crippen molar-refractivity contribution in [1.29, 1.82) is 0 Å². The quantitative estimate of drug-likeness (QED) is 0.534. The molecule has 0 heterocycles. The Kier molecular flexibility index (Phi) is 1.27. The number of carbonyl (C=O) groups excluding carboxylic acids is 1. The van der Waals surface area contributed by atoms with E-state index in [2.05, 4.69) is 0 Å². The molecule has 1 fully saturated rings. The standard InChI is InChI=1S/C11H14O/c12-10-5-4-8-6-7-2-1-3-9(7)11(8)10/h7,9H,1-6H2/t7-,9-/m1/s1. The predicted molar refractivity (Wildman–Crippen MR) is 46.7 cm³/mol. The molecular weight excluding hydrogens is 148 g/mol. The zero-order chi connectivity index (χ0) is 8.13. The van der Waals surface area contributed by atoms with Crippen molar-refractivity contribution in [2.45, 2.75) is 38.5 Å². The van der Waals surface area contributed by atoms with Gasteiger partial charge in [0.1, 0.15) is 0 Å². The summed E-state index contributed by atoms with van der Waals surface area (Å²) >= 11 is 0. The molecule has 1 nitrogen and oxygen atoms in total. The van der Waals surface area contributed by atoms with Crippen molar-refractivity contribution >= 4 is 5.78 Å². The normalized spacial score (nSPS) is 39.2. The van der Waals surface area contributed by atoms with Crippen LogP contribution < -0.4 is 0 Å². The van der Waals surface area contributed by atoms with E-state index < -0.39 is 0 Å². The van der Waals surface area contributed by atoms with E-state index >= 15 is 0 Å². The molecule has 0 aliphatic heterocycles. The molecule has 0 aromatic carbocycles. The molecule has 1 saturated carbocycles. The van der Waals surface area contributed by atoms with Crippen LogP contribution in [0, 0.1) is 11.8 Å². The van der Waals surface area contributed by atoms with Gasteiger partial charge in [-0.3, -0.25) is 4.79 Å². The first-order valence-electron chi connectivity index (χ1n) is 5.11. The highest BCUT2D eigenvalue weighted by molar-refractivity contribution is 5.99. The number of allylic oxidation sites excluding steroid dienone is 2. The number of Topliss-reactive ketones (excluding diaryl/α,β-unsaturated/α-hetero) is 1. The van der Waals surface area contributed by atoms with Gasteiger partial charge in [0.05, 0.1) is 0 Å². The van der Waals surface area contributed by atoms with Crippen molar-refractivity contribution in [1.82, 2.24) is 0 Å². The average Bonchev–Trinajstić information content (AvgIpc) is 2.61. The van der Waals surface area contributed by atoms with Crippen molar-refractivity contribution in [2.24, 2.45) is 11.8 Å². The van der Waals surface area contributed by atoms with Crippen molar-refractivity contribution in [3.63, 3.8) is 0 Å². The van der Waals surface area contributed by atoms with Crippen LogP contribution in [0.4, 0.5) is 0 Å². The minimum absolute atomic E-state index is 0.486. The van der Waals surface area contributed by atoms with E-state index in [1.165, 1.54) is 36.8 Å². The fourth-order valence-electron chi connectivity index (χ4n) is 3.39. The summed E-state index contributed by atoms with van der Waals surface area (Å²) in [7, 11) is 0. The molecule has 0 unspecified atom stereocenters. The number of rotatable bonds is 0. The van der Waals surface area contributed by atoms with Gasteiger partial charge >= 0.3 is 0 Å². The minimum Gasteiger partial charge on any atom is -0.295 e. The molecule has 12 heavy (non-hydrogen) atoms. The minimum atomic E-state index is 0.486. The second-order valence-corrected chi connectivity index (χ2v) is 4.44. The van der Waals surface area contributed by atoms with Gasteiger partial charge in [-0.1, -0.05) is 12.0 Å². The fourth-order valence-corrected chi connectivity index (χ4v) is 3.39. The van der Waals surface area contributed by atoms with E-state index in [-0.39, 0.29) is 0 Å². The second kappa shape index (κ2) is 2.21. The number of fused-ring (bicyclic) bond motifs is 2. The van der Waals surface area contributed by atoms with Crippen LogP contribution >= 0.6 is 0 Å². The van der Waals surface area contributed by atoms with Crippen LogP contribution in [0.2, 0.25) is 0 Å². The molecule has 0 N–H and O–H groups in total. The summed E-state index contributed by atoms with van der Waals surface area (Å²) in [5.41, 5.74) is 2.83. The summed E-state index contributed by atoms with van der Waals surface area (Å²) in [5, 5.41) is 0. The molecule has 0 aromatic rings. The maximum absolute atomic E-state index is 11.5. The summed E-state index contributed by atoms with van der Waals surface area (Å²) < 4.78 is 0. The molecule has 3 aliphatic carbocycles. The summed E-state index contributed by atoms with van der Waals surface area (Å²) in [5.74, 6) is 2.06.